The SMILES string of the molecule is CC1(C)CCC(CN2CCN(c3ccc(C(=O)NS(=O)(=O)c4ccc(N[C@H](CCN5C[C@@H]6C[C@H]5CO6)CSc5ccccc5)c(S(=O)(=O)C(F)(F)Cl)c4)cc3)CC2)=C(c2ccc(Cl)cc2)C1. The highest BCUT2D eigenvalue weighted by Crippen LogP contribution is 2.44. The second-order valence-electron chi connectivity index (χ2n) is 18.4. The fraction of sp³-hybridized carbons (Fsp3) is 0.438. The summed E-state index contributed by atoms with van der Waals surface area (Å²) < 4.78 is 86.3. The van der Waals surface area contributed by atoms with Crippen molar-refractivity contribution >= 4 is 77.7 Å². The van der Waals surface area contributed by atoms with Gasteiger partial charge in [0.1, 0.15) is 0 Å². The van der Waals surface area contributed by atoms with Crippen LogP contribution in [0.15, 0.2) is 117 Å². The molecule has 2 bridgehead atoms. The molecule has 8 rings (SSSR count). The number of carbonyl (C=O) groups excluding carboxylic acids is 1. The molecule has 3 atom stereocenters. The summed E-state index contributed by atoms with van der Waals surface area (Å²) in [6.45, 7) is 10.8. The molecule has 1 amide bonds. The molecule has 3 fully saturated rings. The molecule has 0 unspecified atom stereocenters. The summed E-state index contributed by atoms with van der Waals surface area (Å²) in [5.41, 5.74) is 4.99. The minimum Gasteiger partial charge on any atom is -0.380 e. The first-order valence-corrected chi connectivity index (χ1v) is 26.9. The lowest BCUT2D eigenvalue weighted by Gasteiger charge is -2.39. The first kappa shape index (κ1) is 48.7. The molecular weight excluding hydrogens is 948 g/mol. The van der Waals surface area contributed by atoms with Crippen molar-refractivity contribution in [2.75, 3.05) is 68.4 Å². The predicted molar refractivity (Wildman–Crippen MR) is 259 cm³/mol. The Labute approximate surface area is 401 Å². The summed E-state index contributed by atoms with van der Waals surface area (Å²) in [5, 5.41) is 3.85. The summed E-state index contributed by atoms with van der Waals surface area (Å²) in [7, 11) is -10.4. The number of amides is 1. The number of nitrogens with one attached hydrogen (secondary N) is 2. The van der Waals surface area contributed by atoms with Crippen LogP contribution >= 0.6 is 35.0 Å². The van der Waals surface area contributed by atoms with E-state index in [2.05, 4.69) is 46.0 Å². The highest BCUT2D eigenvalue weighted by molar-refractivity contribution is 7.99. The maximum atomic E-state index is 14.7. The number of thioether (sulfide) groups is 1. The monoisotopic (exact) mass is 1000 g/mol. The van der Waals surface area contributed by atoms with Crippen molar-refractivity contribution in [3.05, 3.63) is 119 Å². The van der Waals surface area contributed by atoms with E-state index in [9.17, 15) is 30.4 Å². The lowest BCUT2D eigenvalue weighted by Crippen LogP contribution is -2.47. The molecule has 4 aromatic carbocycles. The Kier molecular flexibility index (Phi) is 14.8. The third-order valence-electron chi connectivity index (χ3n) is 13.1. The van der Waals surface area contributed by atoms with Crippen LogP contribution in [-0.2, 0) is 24.6 Å². The minimum absolute atomic E-state index is 0.0396. The van der Waals surface area contributed by atoms with Crippen LogP contribution in [0.1, 0.15) is 61.9 Å². The fourth-order valence-electron chi connectivity index (χ4n) is 9.30. The summed E-state index contributed by atoms with van der Waals surface area (Å²) in [6, 6.07) is 26.9. The zero-order chi connectivity index (χ0) is 46.9. The number of hydrogen-bond acceptors (Lipinski definition) is 11. The maximum absolute atomic E-state index is 14.7. The Morgan fingerprint density at radius 3 is 2.32 bits per heavy atom. The van der Waals surface area contributed by atoms with Crippen LogP contribution in [0.2, 0.25) is 5.02 Å². The molecule has 0 saturated carbocycles. The van der Waals surface area contributed by atoms with E-state index >= 15 is 0 Å². The van der Waals surface area contributed by atoms with E-state index in [1.165, 1.54) is 40.6 Å². The van der Waals surface area contributed by atoms with Gasteiger partial charge in [0, 0.05) is 84.8 Å². The molecule has 354 valence electrons. The van der Waals surface area contributed by atoms with E-state index in [4.69, 9.17) is 27.9 Å². The van der Waals surface area contributed by atoms with Gasteiger partial charge in [-0.2, -0.15) is 8.78 Å². The van der Waals surface area contributed by atoms with Gasteiger partial charge < -0.3 is 15.0 Å². The third-order valence-corrected chi connectivity index (χ3v) is 18.0. The zero-order valence-electron chi connectivity index (χ0n) is 36.9. The second-order valence-corrected chi connectivity index (χ2v) is 24.2. The topological polar surface area (TPSA) is 128 Å². The Morgan fingerprint density at radius 1 is 0.955 bits per heavy atom. The second kappa shape index (κ2) is 20.1. The summed E-state index contributed by atoms with van der Waals surface area (Å²) in [5.74, 6) is -0.534. The quantitative estimate of drug-likeness (QED) is 0.0777. The van der Waals surface area contributed by atoms with Crippen LogP contribution in [0.3, 0.4) is 0 Å². The van der Waals surface area contributed by atoms with Crippen LogP contribution < -0.4 is 14.9 Å². The number of likely N-dealkylation sites (tertiary alicyclic amines) is 1. The van der Waals surface area contributed by atoms with Gasteiger partial charge in [0.05, 0.1) is 28.2 Å². The molecule has 3 heterocycles. The maximum Gasteiger partial charge on any atom is 0.427 e. The molecular formula is C48H55Cl2F2N5O6S3. The standard InChI is InChI=1S/C48H55Cl2F2N5O6S3/c1-47(2)20-18-35(43(28-47)33-8-12-36(49)13-9-33)29-55-22-24-56(25-23-55)38-14-10-34(11-15-38)46(58)54-66(61,62)42-16-17-44(45(27-42)65(59,60)48(50,51)52)53-37(32-64-41-6-4-3-5-7-41)19-21-57-30-40-26-39(57)31-63-40/h3-17,27,37,39-40,53H,18-26,28-32H2,1-2H3,(H,54,58)/t37-,39+,40+/m1/s1. The molecule has 11 nitrogen and oxygen atoms in total. The van der Waals surface area contributed by atoms with Crippen molar-refractivity contribution in [3.63, 3.8) is 0 Å². The van der Waals surface area contributed by atoms with Crippen molar-refractivity contribution < 1.29 is 35.1 Å². The van der Waals surface area contributed by atoms with Gasteiger partial charge in [-0.15, -0.1) is 11.8 Å². The molecule has 0 radical (unpaired) electrons. The van der Waals surface area contributed by atoms with Crippen molar-refractivity contribution in [2.45, 2.75) is 83.5 Å². The summed E-state index contributed by atoms with van der Waals surface area (Å²) in [4.78, 5) is 19.6. The molecule has 4 aliphatic rings. The number of carbonyl (C=O) groups is 1. The number of hydrogen-bond donors (Lipinski definition) is 2. The lowest BCUT2D eigenvalue weighted by atomic mass is 9.72. The first-order valence-electron chi connectivity index (χ1n) is 22.2. The number of halogens is 4. The number of allylic oxidation sites excluding steroid dienone is 1. The molecule has 3 aliphatic heterocycles. The molecule has 66 heavy (non-hydrogen) atoms. The van der Waals surface area contributed by atoms with E-state index in [1.807, 2.05) is 47.2 Å². The highest BCUT2D eigenvalue weighted by Gasteiger charge is 2.46. The Balaban J connectivity index is 0.929. The number of ether oxygens (including phenoxy) is 1. The number of benzene rings is 4. The number of nitrogens with zero attached hydrogens (tertiary/aromatic N) is 3. The van der Waals surface area contributed by atoms with E-state index in [0.29, 0.717) is 31.4 Å². The Hall–Kier alpha value is -3.74. The van der Waals surface area contributed by atoms with Gasteiger partial charge in [0.25, 0.3) is 25.8 Å². The van der Waals surface area contributed by atoms with Gasteiger partial charge in [0.15, 0.2) is 0 Å². The number of piperazine rings is 1. The number of sulfonamides is 1. The van der Waals surface area contributed by atoms with Crippen molar-refractivity contribution in [1.29, 1.82) is 0 Å². The van der Waals surface area contributed by atoms with Crippen LogP contribution in [0.4, 0.5) is 20.2 Å². The van der Waals surface area contributed by atoms with E-state index in [1.54, 1.807) is 12.1 Å². The van der Waals surface area contributed by atoms with Crippen LogP contribution in [-0.4, -0.2) is 114 Å². The molecule has 0 aromatic heterocycles. The number of anilines is 2. The number of rotatable bonds is 17. The van der Waals surface area contributed by atoms with E-state index in [0.717, 1.165) is 92.7 Å². The molecule has 3 saturated heterocycles. The van der Waals surface area contributed by atoms with E-state index < -0.39 is 46.3 Å². The van der Waals surface area contributed by atoms with Crippen LogP contribution in [0.5, 0.6) is 0 Å². The van der Waals surface area contributed by atoms with Gasteiger partial charge in [-0.25, -0.2) is 21.6 Å². The smallest absolute Gasteiger partial charge is 0.380 e. The average molecular weight is 1000 g/mol. The minimum atomic E-state index is -5.62. The number of sulfone groups is 1. The molecule has 2 N–H and O–H groups in total. The Morgan fingerprint density at radius 2 is 1.67 bits per heavy atom. The summed E-state index contributed by atoms with van der Waals surface area (Å²) in [6.07, 6.45) is 4.82. The molecule has 0 spiro atoms. The van der Waals surface area contributed by atoms with Gasteiger partial charge in [-0.1, -0.05) is 61.4 Å². The average Bonchev–Trinajstić information content (AvgIpc) is 3.92. The predicted octanol–water partition coefficient (Wildman–Crippen LogP) is 9.24. The molecule has 4 aromatic rings. The van der Waals surface area contributed by atoms with Crippen molar-refractivity contribution in [2.24, 2.45) is 5.41 Å². The number of morpholine rings is 1. The highest BCUT2D eigenvalue weighted by atomic mass is 35.5. The zero-order valence-corrected chi connectivity index (χ0v) is 40.9. The van der Waals surface area contributed by atoms with Crippen molar-refractivity contribution in [3.8, 4) is 0 Å². The van der Waals surface area contributed by atoms with Gasteiger partial charge in [-0.05, 0) is 127 Å². The van der Waals surface area contributed by atoms with E-state index in [-0.39, 0.29) is 28.8 Å². The third kappa shape index (κ3) is 11.6. The first-order chi connectivity index (χ1) is 31.3. The van der Waals surface area contributed by atoms with Crippen LogP contribution in [0.25, 0.3) is 5.57 Å². The molecule has 18 heteroatoms. The molecule has 1 aliphatic carbocycles. The van der Waals surface area contributed by atoms with Crippen LogP contribution in [0, 0.1) is 5.41 Å². The summed E-state index contributed by atoms with van der Waals surface area (Å²) >= 11 is 12.9. The number of alkyl halides is 3. The lowest BCUT2D eigenvalue weighted by molar-refractivity contribution is 0.0299. The Bertz CT molecular complexity index is 2630. The largest absolute Gasteiger partial charge is 0.427 e. The number of fused-ring (bicyclic) bond motifs is 2. The van der Waals surface area contributed by atoms with Crippen molar-refractivity contribution in [1.82, 2.24) is 14.5 Å². The van der Waals surface area contributed by atoms with Gasteiger partial charge in [0.2, 0.25) is 0 Å². The normalized spacial score (nSPS) is 21.0. The van der Waals surface area contributed by atoms with Gasteiger partial charge >= 0.3 is 4.71 Å². The fourth-order valence-corrected chi connectivity index (χ4v) is 12.7. The van der Waals surface area contributed by atoms with Gasteiger partial charge in [-0.3, -0.25) is 14.6 Å².